The minimum absolute atomic E-state index is 0.125. The minimum atomic E-state index is -0.707. The molecule has 2 unspecified atom stereocenters. The van der Waals surface area contributed by atoms with E-state index in [9.17, 15) is 4.79 Å². The molecule has 6 heteroatoms. The average Bonchev–Trinajstić information content (AvgIpc) is 2.75. The smallest absolute Gasteiger partial charge is 0.307 e. The van der Waals surface area contributed by atoms with Gasteiger partial charge in [-0.15, -0.1) is 0 Å². The average molecular weight is 278 g/mol. The van der Waals surface area contributed by atoms with Gasteiger partial charge in [-0.25, -0.2) is 4.98 Å². The van der Waals surface area contributed by atoms with Crippen molar-refractivity contribution in [3.63, 3.8) is 0 Å². The number of nitrogens with zero attached hydrogens (tertiary/aromatic N) is 1. The lowest BCUT2D eigenvalue weighted by Crippen LogP contribution is -2.35. The second kappa shape index (κ2) is 4.77. The highest BCUT2D eigenvalue weighted by Crippen LogP contribution is 2.40. The summed E-state index contributed by atoms with van der Waals surface area (Å²) in [5.41, 5.74) is 1.78. The van der Waals surface area contributed by atoms with Gasteiger partial charge in [0, 0.05) is 11.3 Å². The maximum Gasteiger partial charge on any atom is 0.307 e. The third-order valence-corrected chi connectivity index (χ3v) is 4.74. The van der Waals surface area contributed by atoms with Crippen molar-refractivity contribution in [3.8, 4) is 5.75 Å². The van der Waals surface area contributed by atoms with Crippen molar-refractivity contribution < 1.29 is 14.6 Å². The van der Waals surface area contributed by atoms with E-state index in [0.717, 1.165) is 34.8 Å². The number of fused-ring (bicyclic) bond motifs is 1. The molecular formula is C13H14N2O3S. The van der Waals surface area contributed by atoms with Crippen LogP contribution in [-0.4, -0.2) is 33.4 Å². The van der Waals surface area contributed by atoms with E-state index < -0.39 is 5.97 Å². The van der Waals surface area contributed by atoms with Gasteiger partial charge in [-0.2, -0.15) is 0 Å². The van der Waals surface area contributed by atoms with Crippen molar-refractivity contribution in [1.82, 2.24) is 9.97 Å². The summed E-state index contributed by atoms with van der Waals surface area (Å²) in [4.78, 5) is 18.6. The number of carbonyl (C=O) groups is 1. The lowest BCUT2D eigenvalue weighted by atomic mass is 9.85. The van der Waals surface area contributed by atoms with Crippen LogP contribution in [0.1, 0.15) is 12.8 Å². The van der Waals surface area contributed by atoms with Crippen molar-refractivity contribution in [3.05, 3.63) is 18.2 Å². The molecule has 1 fully saturated rings. The molecule has 1 aromatic carbocycles. The van der Waals surface area contributed by atoms with Gasteiger partial charge in [0.25, 0.3) is 0 Å². The molecule has 1 aliphatic carbocycles. The Kier molecular flexibility index (Phi) is 3.10. The van der Waals surface area contributed by atoms with E-state index in [0.29, 0.717) is 0 Å². The molecule has 0 amide bonds. The van der Waals surface area contributed by atoms with Crippen LogP contribution in [0.4, 0.5) is 0 Å². The van der Waals surface area contributed by atoms with Crippen molar-refractivity contribution in [2.24, 2.45) is 5.92 Å². The predicted octanol–water partition coefficient (Wildman–Crippen LogP) is 2.53. The van der Waals surface area contributed by atoms with Crippen LogP contribution >= 0.6 is 11.8 Å². The summed E-state index contributed by atoms with van der Waals surface area (Å²) in [6.45, 7) is 0. The predicted molar refractivity (Wildman–Crippen MR) is 72.7 cm³/mol. The molecule has 3 rings (SSSR count). The summed E-state index contributed by atoms with van der Waals surface area (Å²) >= 11 is 1.52. The van der Waals surface area contributed by atoms with E-state index >= 15 is 0 Å². The Morgan fingerprint density at radius 3 is 3.00 bits per heavy atom. The zero-order valence-electron chi connectivity index (χ0n) is 10.4. The highest BCUT2D eigenvalue weighted by molar-refractivity contribution is 7.99. The van der Waals surface area contributed by atoms with E-state index in [4.69, 9.17) is 9.84 Å². The molecular weight excluding hydrogens is 264 g/mol. The lowest BCUT2D eigenvalue weighted by Gasteiger charge is -2.31. The molecule has 2 N–H and O–H groups in total. The summed E-state index contributed by atoms with van der Waals surface area (Å²) in [5, 5.41) is 9.93. The number of methoxy groups -OCH3 is 1. The van der Waals surface area contributed by atoms with Crippen LogP contribution < -0.4 is 4.74 Å². The Morgan fingerprint density at radius 1 is 1.53 bits per heavy atom. The van der Waals surface area contributed by atoms with Crippen LogP contribution in [-0.2, 0) is 4.79 Å². The van der Waals surface area contributed by atoms with Gasteiger partial charge in [-0.1, -0.05) is 11.8 Å². The fourth-order valence-electron chi connectivity index (χ4n) is 2.18. The van der Waals surface area contributed by atoms with Gasteiger partial charge >= 0.3 is 5.97 Å². The van der Waals surface area contributed by atoms with Crippen molar-refractivity contribution in [1.29, 1.82) is 0 Å². The normalized spacial score (nSPS) is 22.2. The number of H-pyrrole nitrogens is 1. The molecule has 1 aromatic heterocycles. The fraction of sp³-hybridized carbons (Fsp3) is 0.385. The number of aliphatic carboxylic acids is 1. The first-order valence-corrected chi connectivity index (χ1v) is 6.98. The van der Waals surface area contributed by atoms with Crippen molar-refractivity contribution in [2.75, 3.05) is 7.11 Å². The third kappa shape index (κ3) is 2.28. The van der Waals surface area contributed by atoms with Gasteiger partial charge in [0.1, 0.15) is 5.75 Å². The van der Waals surface area contributed by atoms with Crippen molar-refractivity contribution >= 4 is 28.8 Å². The van der Waals surface area contributed by atoms with E-state index in [1.165, 1.54) is 11.8 Å². The number of carboxylic acid groups (broad SMARTS) is 1. The number of imidazole rings is 1. The van der Waals surface area contributed by atoms with Gasteiger partial charge in [0.2, 0.25) is 0 Å². The van der Waals surface area contributed by atoms with E-state index in [1.54, 1.807) is 7.11 Å². The summed E-state index contributed by atoms with van der Waals surface area (Å²) in [6, 6.07) is 5.65. The van der Waals surface area contributed by atoms with E-state index in [-0.39, 0.29) is 11.2 Å². The molecule has 0 aliphatic heterocycles. The number of hydrogen-bond donors (Lipinski definition) is 2. The molecule has 100 valence electrons. The second-order valence-corrected chi connectivity index (χ2v) is 5.83. The molecule has 5 nitrogen and oxygen atoms in total. The van der Waals surface area contributed by atoms with Crippen LogP contribution in [0.2, 0.25) is 0 Å². The first kappa shape index (κ1) is 12.3. The molecule has 0 saturated heterocycles. The highest BCUT2D eigenvalue weighted by Gasteiger charge is 2.37. The summed E-state index contributed by atoms with van der Waals surface area (Å²) in [5.74, 6) is -0.172. The first-order chi connectivity index (χ1) is 9.17. The molecule has 1 saturated carbocycles. The Hall–Kier alpha value is -1.69. The Balaban J connectivity index is 1.80. The minimum Gasteiger partial charge on any atom is -0.497 e. The van der Waals surface area contributed by atoms with Gasteiger partial charge in [-0.05, 0) is 25.0 Å². The first-order valence-electron chi connectivity index (χ1n) is 6.10. The van der Waals surface area contributed by atoms with E-state index in [1.807, 2.05) is 18.2 Å². The van der Waals surface area contributed by atoms with Gasteiger partial charge in [-0.3, -0.25) is 4.79 Å². The number of nitrogens with one attached hydrogen (secondary N) is 1. The van der Waals surface area contributed by atoms with Crippen molar-refractivity contribution in [2.45, 2.75) is 23.2 Å². The molecule has 1 heterocycles. The number of rotatable bonds is 4. The van der Waals surface area contributed by atoms with Gasteiger partial charge in [0.05, 0.1) is 24.1 Å². The van der Waals surface area contributed by atoms with E-state index in [2.05, 4.69) is 9.97 Å². The zero-order valence-corrected chi connectivity index (χ0v) is 11.2. The zero-order chi connectivity index (χ0) is 13.4. The Morgan fingerprint density at radius 2 is 2.37 bits per heavy atom. The number of benzene rings is 1. The summed E-state index contributed by atoms with van der Waals surface area (Å²) in [6.07, 6.45) is 1.70. The molecule has 0 radical (unpaired) electrons. The second-order valence-electron chi connectivity index (χ2n) is 4.60. The standard InChI is InChI=1S/C13H14N2O3S/c1-18-7-2-4-9-10(6-7)15-13(14-9)19-11-5-3-8(11)12(16)17/h2,4,6,8,11H,3,5H2,1H3,(H,14,15)(H,16,17). The molecule has 19 heavy (non-hydrogen) atoms. The number of hydrogen-bond acceptors (Lipinski definition) is 4. The monoisotopic (exact) mass is 278 g/mol. The van der Waals surface area contributed by atoms with Crippen LogP contribution in [0, 0.1) is 5.92 Å². The number of thioether (sulfide) groups is 1. The maximum atomic E-state index is 11.0. The van der Waals surface area contributed by atoms with Gasteiger partial charge < -0.3 is 14.8 Å². The van der Waals surface area contributed by atoms with Crippen LogP contribution in [0.15, 0.2) is 23.4 Å². The number of aromatic amines is 1. The molecule has 2 aromatic rings. The fourth-order valence-corrected chi connectivity index (χ4v) is 3.46. The topological polar surface area (TPSA) is 75.2 Å². The number of aromatic nitrogens is 2. The largest absolute Gasteiger partial charge is 0.497 e. The van der Waals surface area contributed by atoms with Crippen LogP contribution in [0.25, 0.3) is 11.0 Å². The highest BCUT2D eigenvalue weighted by atomic mass is 32.2. The summed E-state index contributed by atoms with van der Waals surface area (Å²) in [7, 11) is 1.62. The quantitative estimate of drug-likeness (QED) is 0.898. The lowest BCUT2D eigenvalue weighted by molar-refractivity contribution is -0.144. The number of ether oxygens (including phenoxy) is 1. The van der Waals surface area contributed by atoms with Crippen LogP contribution in [0.3, 0.4) is 0 Å². The Bertz CT molecular complexity index is 625. The number of carboxylic acids is 1. The third-order valence-electron chi connectivity index (χ3n) is 3.46. The molecule has 0 spiro atoms. The molecule has 1 aliphatic rings. The molecule has 0 bridgehead atoms. The SMILES string of the molecule is COc1ccc2nc(SC3CCC3C(=O)O)[nH]c2c1. The molecule has 2 atom stereocenters. The maximum absolute atomic E-state index is 11.0. The Labute approximate surface area is 114 Å². The van der Waals surface area contributed by atoms with Crippen LogP contribution in [0.5, 0.6) is 5.75 Å². The van der Waals surface area contributed by atoms with Gasteiger partial charge in [0.15, 0.2) is 5.16 Å². The summed E-state index contributed by atoms with van der Waals surface area (Å²) < 4.78 is 5.16.